The second-order valence-electron chi connectivity index (χ2n) is 3.45. The van der Waals surface area contributed by atoms with E-state index >= 15 is 0 Å². The number of aromatic carboxylic acids is 1. The summed E-state index contributed by atoms with van der Waals surface area (Å²) in [5.74, 6) is -1.16. The van der Waals surface area contributed by atoms with Gasteiger partial charge >= 0.3 is 5.97 Å². The minimum absolute atomic E-state index is 0.0665. The van der Waals surface area contributed by atoms with E-state index in [0.29, 0.717) is 5.69 Å². The Kier molecular flexibility index (Phi) is 3.35. The molecule has 0 aliphatic rings. The van der Waals surface area contributed by atoms with Crippen LogP contribution >= 0.6 is 11.3 Å². The van der Waals surface area contributed by atoms with Crippen LogP contribution in [-0.2, 0) is 10.0 Å². The van der Waals surface area contributed by atoms with Gasteiger partial charge in [0.2, 0.25) is 0 Å². The van der Waals surface area contributed by atoms with Crippen LogP contribution in [0.15, 0.2) is 46.0 Å². The molecule has 7 heteroatoms. The van der Waals surface area contributed by atoms with Gasteiger partial charge in [0.25, 0.3) is 10.0 Å². The highest BCUT2D eigenvalue weighted by atomic mass is 32.2. The molecular formula is C11H9NO4S2. The first-order valence-corrected chi connectivity index (χ1v) is 7.30. The molecule has 1 aromatic carbocycles. The smallest absolute Gasteiger partial charge is 0.335 e. The summed E-state index contributed by atoms with van der Waals surface area (Å²) < 4.78 is 26.3. The van der Waals surface area contributed by atoms with Gasteiger partial charge in [-0.05, 0) is 29.6 Å². The van der Waals surface area contributed by atoms with E-state index in [0.717, 1.165) is 6.07 Å². The van der Waals surface area contributed by atoms with Crippen molar-refractivity contribution in [3.8, 4) is 0 Å². The molecule has 94 valence electrons. The molecule has 0 unspecified atom stereocenters. The van der Waals surface area contributed by atoms with Crippen LogP contribution < -0.4 is 4.72 Å². The molecule has 0 bridgehead atoms. The summed E-state index contributed by atoms with van der Waals surface area (Å²) >= 11 is 1.36. The summed E-state index contributed by atoms with van der Waals surface area (Å²) in [6.45, 7) is 0. The fourth-order valence-corrected chi connectivity index (χ4v) is 3.09. The van der Waals surface area contributed by atoms with Crippen LogP contribution in [0.25, 0.3) is 0 Å². The number of nitrogens with one attached hydrogen (secondary N) is 1. The molecule has 0 saturated heterocycles. The minimum Gasteiger partial charge on any atom is -0.478 e. The van der Waals surface area contributed by atoms with Crippen LogP contribution in [-0.4, -0.2) is 19.5 Å². The lowest BCUT2D eigenvalue weighted by atomic mass is 10.2. The first-order valence-electron chi connectivity index (χ1n) is 4.87. The topological polar surface area (TPSA) is 83.5 Å². The third-order valence-corrected chi connectivity index (χ3v) is 4.23. The zero-order chi connectivity index (χ0) is 13.2. The highest BCUT2D eigenvalue weighted by molar-refractivity contribution is 7.92. The molecule has 1 aromatic heterocycles. The molecule has 0 amide bonds. The van der Waals surface area contributed by atoms with Gasteiger partial charge in [-0.3, -0.25) is 4.72 Å². The molecule has 0 spiro atoms. The van der Waals surface area contributed by atoms with E-state index in [1.807, 2.05) is 0 Å². The van der Waals surface area contributed by atoms with Gasteiger partial charge in [-0.25, -0.2) is 13.2 Å². The number of carboxylic acids is 1. The van der Waals surface area contributed by atoms with Crippen molar-refractivity contribution in [2.75, 3.05) is 4.72 Å². The summed E-state index contributed by atoms with van der Waals surface area (Å²) in [4.78, 5) is 10.7. The van der Waals surface area contributed by atoms with E-state index in [4.69, 9.17) is 5.11 Å². The monoisotopic (exact) mass is 283 g/mol. The van der Waals surface area contributed by atoms with E-state index in [9.17, 15) is 13.2 Å². The van der Waals surface area contributed by atoms with Crippen molar-refractivity contribution in [1.82, 2.24) is 0 Å². The molecule has 0 radical (unpaired) electrons. The fourth-order valence-electron chi connectivity index (χ4n) is 1.33. The maximum Gasteiger partial charge on any atom is 0.335 e. The average molecular weight is 283 g/mol. The summed E-state index contributed by atoms with van der Waals surface area (Å²) in [6, 6.07) is 6.83. The number of hydrogen-bond donors (Lipinski definition) is 2. The van der Waals surface area contributed by atoms with Crippen molar-refractivity contribution < 1.29 is 18.3 Å². The summed E-state index contributed by atoms with van der Waals surface area (Å²) in [5.41, 5.74) is 0.393. The minimum atomic E-state index is -3.75. The number of benzene rings is 1. The van der Waals surface area contributed by atoms with Crippen LogP contribution in [0.4, 0.5) is 5.69 Å². The van der Waals surface area contributed by atoms with Gasteiger partial charge in [-0.15, -0.1) is 0 Å². The van der Waals surface area contributed by atoms with Crippen molar-refractivity contribution >= 4 is 33.0 Å². The van der Waals surface area contributed by atoms with Crippen molar-refractivity contribution in [3.05, 3.63) is 46.7 Å². The van der Waals surface area contributed by atoms with Gasteiger partial charge in [-0.2, -0.15) is 11.3 Å². The summed E-state index contributed by atoms with van der Waals surface area (Å²) in [5, 5.41) is 12.2. The summed E-state index contributed by atoms with van der Waals surface area (Å²) in [7, 11) is -3.75. The Morgan fingerprint density at radius 2 is 2.06 bits per heavy atom. The van der Waals surface area contributed by atoms with Crippen molar-refractivity contribution in [2.45, 2.75) is 4.90 Å². The molecule has 18 heavy (non-hydrogen) atoms. The number of hydrogen-bond acceptors (Lipinski definition) is 4. The number of sulfonamides is 1. The largest absolute Gasteiger partial charge is 0.478 e. The van der Waals surface area contributed by atoms with Gasteiger partial charge in [0.15, 0.2) is 0 Å². The Hall–Kier alpha value is -1.86. The van der Waals surface area contributed by atoms with Gasteiger partial charge in [0, 0.05) is 5.38 Å². The normalized spacial score (nSPS) is 11.1. The van der Waals surface area contributed by atoms with Crippen LogP contribution in [0.1, 0.15) is 10.4 Å². The SMILES string of the molecule is O=C(O)c1cccc(S(=O)(=O)Nc2ccsc2)c1. The first-order chi connectivity index (χ1) is 8.49. The van der Waals surface area contributed by atoms with Gasteiger partial charge in [-0.1, -0.05) is 6.07 Å². The number of thiophene rings is 1. The maximum absolute atomic E-state index is 12.0. The molecule has 0 saturated carbocycles. The number of carboxylic acid groups (broad SMARTS) is 1. The standard InChI is InChI=1S/C11H9NO4S2/c13-11(14)8-2-1-3-10(6-8)18(15,16)12-9-4-5-17-7-9/h1-7,12H,(H,13,14). The molecule has 2 aromatic rings. The zero-order valence-electron chi connectivity index (χ0n) is 9.03. The van der Waals surface area contributed by atoms with Crippen LogP contribution in [0.5, 0.6) is 0 Å². The highest BCUT2D eigenvalue weighted by Crippen LogP contribution is 2.19. The van der Waals surface area contributed by atoms with Gasteiger partial charge < -0.3 is 5.11 Å². The van der Waals surface area contributed by atoms with Crippen molar-refractivity contribution in [1.29, 1.82) is 0 Å². The van der Waals surface area contributed by atoms with E-state index < -0.39 is 16.0 Å². The first kappa shape index (κ1) is 12.6. The van der Waals surface area contributed by atoms with E-state index in [1.54, 1.807) is 16.8 Å². The number of rotatable bonds is 4. The van der Waals surface area contributed by atoms with Crippen LogP contribution in [0, 0.1) is 0 Å². The van der Waals surface area contributed by atoms with E-state index in [-0.39, 0.29) is 10.5 Å². The Labute approximate surface area is 108 Å². The molecule has 5 nitrogen and oxygen atoms in total. The lowest BCUT2D eigenvalue weighted by molar-refractivity contribution is 0.0696. The third-order valence-electron chi connectivity index (χ3n) is 2.16. The molecule has 0 aliphatic heterocycles. The maximum atomic E-state index is 12.0. The Morgan fingerprint density at radius 1 is 1.28 bits per heavy atom. The molecule has 0 aliphatic carbocycles. The number of anilines is 1. The highest BCUT2D eigenvalue weighted by Gasteiger charge is 2.16. The predicted molar refractivity (Wildman–Crippen MR) is 68.5 cm³/mol. The van der Waals surface area contributed by atoms with Crippen molar-refractivity contribution in [3.63, 3.8) is 0 Å². The Morgan fingerprint density at radius 3 is 2.67 bits per heavy atom. The van der Waals surface area contributed by atoms with Crippen LogP contribution in [0.2, 0.25) is 0 Å². The third kappa shape index (κ3) is 2.69. The van der Waals surface area contributed by atoms with E-state index in [2.05, 4.69) is 4.72 Å². The average Bonchev–Trinajstić information content (AvgIpc) is 2.81. The molecular weight excluding hydrogens is 274 g/mol. The zero-order valence-corrected chi connectivity index (χ0v) is 10.7. The molecule has 2 rings (SSSR count). The van der Waals surface area contributed by atoms with Gasteiger partial charge in [0.05, 0.1) is 16.1 Å². The molecule has 0 atom stereocenters. The van der Waals surface area contributed by atoms with E-state index in [1.165, 1.54) is 29.5 Å². The number of carbonyl (C=O) groups is 1. The lowest BCUT2D eigenvalue weighted by Gasteiger charge is -2.06. The predicted octanol–water partition coefficient (Wildman–Crippen LogP) is 2.25. The molecule has 2 N–H and O–H groups in total. The fraction of sp³-hybridized carbons (Fsp3) is 0. The lowest BCUT2D eigenvalue weighted by Crippen LogP contribution is -2.13. The molecule has 1 heterocycles. The van der Waals surface area contributed by atoms with Gasteiger partial charge in [0.1, 0.15) is 0 Å². The second kappa shape index (κ2) is 4.79. The quantitative estimate of drug-likeness (QED) is 0.901. The Balaban J connectivity index is 2.35. The Bertz CT molecular complexity index is 662. The van der Waals surface area contributed by atoms with Crippen molar-refractivity contribution in [2.24, 2.45) is 0 Å². The van der Waals surface area contributed by atoms with Crippen LogP contribution in [0.3, 0.4) is 0 Å². The summed E-state index contributed by atoms with van der Waals surface area (Å²) in [6.07, 6.45) is 0. The second-order valence-corrected chi connectivity index (χ2v) is 5.91. The molecule has 0 fully saturated rings.